The minimum absolute atomic E-state index is 0.0175. The molecule has 7 aliphatic rings. The fraction of sp³-hybridized carbons (Fsp3) is 0.944. The molecule has 3 saturated carbocycles. The molecule has 0 aromatic heterocycles. The van der Waals surface area contributed by atoms with Crippen LogP contribution in [0, 0.1) is 17.8 Å². The fourth-order valence-electron chi connectivity index (χ4n) is 15.1. The molecule has 0 amide bonds. The van der Waals surface area contributed by atoms with Crippen molar-refractivity contribution in [2.45, 2.75) is 269 Å². The van der Waals surface area contributed by atoms with Gasteiger partial charge in [0, 0.05) is 72.1 Å². The van der Waals surface area contributed by atoms with Crippen molar-refractivity contribution in [2.24, 2.45) is 17.8 Å². The number of hydrogen-bond donors (Lipinski definition) is 3. The molecular formula is C54H99N9O3. The van der Waals surface area contributed by atoms with Crippen molar-refractivity contribution in [2.75, 3.05) is 39.6 Å². The highest BCUT2D eigenvalue weighted by Crippen LogP contribution is 2.38. The third-order valence-electron chi connectivity index (χ3n) is 17.4. The Balaban J connectivity index is 1.24. The number of Topliss-reactive ketones (excluding diaryl/α,β-unsaturated/α-hetero) is 3. The van der Waals surface area contributed by atoms with E-state index in [0.29, 0.717) is 35.5 Å². The molecule has 3 N–H and O–H groups in total. The molecular weight excluding hydrogens is 823 g/mol. The van der Waals surface area contributed by atoms with E-state index in [9.17, 15) is 14.4 Å². The van der Waals surface area contributed by atoms with Gasteiger partial charge in [-0.05, 0) is 160 Å². The first kappa shape index (κ1) is 52.5. The van der Waals surface area contributed by atoms with Crippen molar-refractivity contribution in [3.8, 4) is 0 Å². The van der Waals surface area contributed by atoms with Crippen LogP contribution < -0.4 is 16.0 Å². The third-order valence-corrected chi connectivity index (χ3v) is 17.4. The van der Waals surface area contributed by atoms with Gasteiger partial charge >= 0.3 is 0 Å². The van der Waals surface area contributed by atoms with E-state index < -0.39 is 16.6 Å². The van der Waals surface area contributed by atoms with Gasteiger partial charge in [-0.25, -0.2) is 30.1 Å². The van der Waals surface area contributed by atoms with Crippen LogP contribution in [0.3, 0.4) is 0 Å². The van der Waals surface area contributed by atoms with Crippen LogP contribution in [0.2, 0.25) is 0 Å². The maximum atomic E-state index is 14.2. The normalized spacial score (nSPS) is 31.9. The number of rotatable bonds is 15. The lowest BCUT2D eigenvalue weighted by Gasteiger charge is -2.56. The maximum Gasteiger partial charge on any atom is 0.155 e. The van der Waals surface area contributed by atoms with Crippen LogP contribution in [0.15, 0.2) is 0 Å². The van der Waals surface area contributed by atoms with Crippen molar-refractivity contribution >= 4 is 17.3 Å². The molecule has 12 nitrogen and oxygen atoms in total. The van der Waals surface area contributed by atoms with E-state index in [1.54, 1.807) is 0 Å². The van der Waals surface area contributed by atoms with Crippen LogP contribution in [0.1, 0.15) is 218 Å². The monoisotopic (exact) mass is 922 g/mol. The quantitative estimate of drug-likeness (QED) is 0.146. The van der Waals surface area contributed by atoms with Gasteiger partial charge in [0.1, 0.15) is 0 Å². The van der Waals surface area contributed by atoms with Gasteiger partial charge in [-0.2, -0.15) is 0 Å². The number of ketones is 3. The molecule has 4 aliphatic heterocycles. The van der Waals surface area contributed by atoms with Crippen molar-refractivity contribution in [1.82, 2.24) is 46.0 Å². The number of carbonyl (C=O) groups is 3. The molecule has 0 aromatic carbocycles. The number of hydrogen-bond acceptors (Lipinski definition) is 12. The first-order valence-corrected chi connectivity index (χ1v) is 27.4. The zero-order valence-electron chi connectivity index (χ0n) is 44.5. The highest BCUT2D eigenvalue weighted by Gasteiger charge is 2.49. The number of nitrogens with zero attached hydrogens (tertiary/aromatic N) is 6. The molecule has 66 heavy (non-hydrogen) atoms. The smallest absolute Gasteiger partial charge is 0.155 e. The summed E-state index contributed by atoms with van der Waals surface area (Å²) in [7, 11) is 0. The summed E-state index contributed by atoms with van der Waals surface area (Å²) < 4.78 is 0. The second-order valence-electron chi connectivity index (χ2n) is 26.4. The van der Waals surface area contributed by atoms with Crippen molar-refractivity contribution in [3.63, 3.8) is 0 Å². The summed E-state index contributed by atoms with van der Waals surface area (Å²) in [4.78, 5) is 42.5. The second-order valence-corrected chi connectivity index (χ2v) is 26.4. The van der Waals surface area contributed by atoms with Gasteiger partial charge in [0.15, 0.2) is 17.3 Å². The maximum absolute atomic E-state index is 14.2. The molecule has 3 atom stereocenters. The van der Waals surface area contributed by atoms with Crippen LogP contribution in [0.5, 0.6) is 0 Å². The largest absolute Gasteiger partial charge is 0.300 e. The van der Waals surface area contributed by atoms with E-state index in [2.05, 4.69) is 129 Å². The molecule has 7 rings (SSSR count). The zero-order chi connectivity index (χ0) is 47.9. The minimum atomic E-state index is -0.539. The molecule has 0 bridgehead atoms. The van der Waals surface area contributed by atoms with Crippen molar-refractivity contribution in [3.05, 3.63) is 0 Å². The summed E-state index contributed by atoms with van der Waals surface area (Å²) in [6, 6.07) is 1.33. The highest BCUT2D eigenvalue weighted by atomic mass is 16.1. The summed E-state index contributed by atoms with van der Waals surface area (Å²) in [5, 5.41) is 27.5. The summed E-state index contributed by atoms with van der Waals surface area (Å²) in [5.41, 5.74) is -1.92. The Hall–Kier alpha value is -1.35. The molecule has 378 valence electrons. The predicted molar refractivity (Wildman–Crippen MR) is 268 cm³/mol. The molecule has 12 heteroatoms. The third kappa shape index (κ3) is 12.8. The fourth-order valence-corrected chi connectivity index (χ4v) is 15.1. The van der Waals surface area contributed by atoms with Crippen molar-refractivity contribution < 1.29 is 14.4 Å². The number of hydrazine groups is 3. The van der Waals surface area contributed by atoms with Gasteiger partial charge in [-0.1, -0.05) is 57.8 Å². The average molecular weight is 922 g/mol. The number of piperidine rings is 3. The van der Waals surface area contributed by atoms with Crippen LogP contribution in [0.4, 0.5) is 0 Å². The van der Waals surface area contributed by atoms with E-state index in [4.69, 9.17) is 0 Å². The van der Waals surface area contributed by atoms with Gasteiger partial charge in [-0.15, -0.1) is 0 Å². The van der Waals surface area contributed by atoms with Crippen LogP contribution in [0.25, 0.3) is 0 Å². The topological polar surface area (TPSA) is 107 Å². The summed E-state index contributed by atoms with van der Waals surface area (Å²) in [5.74, 6) is 1.13. The van der Waals surface area contributed by atoms with Gasteiger partial charge in [0.2, 0.25) is 0 Å². The SMILES string of the molecule is CC1(C)CC(CCN(C2CCCCC2)N2CN(N(CCC3CC(C)(C)NC(C)(C)C3=O)C3CCCCC3)CN(N(CCC3CC(C)(C)NC(C)(C)C3=O)C3CCCCC3)C2)C(=O)C(C)(C)N1. The van der Waals surface area contributed by atoms with Gasteiger partial charge in [0.25, 0.3) is 0 Å². The first-order valence-electron chi connectivity index (χ1n) is 27.4. The molecule has 3 aliphatic carbocycles. The molecule has 0 radical (unpaired) electrons. The van der Waals surface area contributed by atoms with Crippen LogP contribution >= 0.6 is 0 Å². The molecule has 4 saturated heterocycles. The van der Waals surface area contributed by atoms with E-state index in [0.717, 1.165) is 78.2 Å². The van der Waals surface area contributed by atoms with Gasteiger partial charge < -0.3 is 16.0 Å². The standard InChI is InChI=1S/C54H99N9O3/c1-49(2)34-40(46(64)52(7,8)55-49)28-31-61(43-22-16-13-17-23-43)58-37-59(62(44-24-18-14-19-25-44)32-29-41-35-50(3,4)56-53(9,10)47(41)65)39-60(38-58)63(45-26-20-15-21-27-45)33-30-42-36-51(5,6)57-54(11,12)48(42)66/h40-45,55-57H,13-39H2,1-12H3. The lowest BCUT2D eigenvalue weighted by atomic mass is 9.73. The summed E-state index contributed by atoms with van der Waals surface area (Å²) >= 11 is 0. The Morgan fingerprint density at radius 2 is 0.621 bits per heavy atom. The van der Waals surface area contributed by atoms with E-state index in [1.807, 2.05) is 0 Å². The van der Waals surface area contributed by atoms with Crippen LogP contribution in [-0.2, 0) is 14.4 Å². The Morgan fingerprint density at radius 1 is 0.394 bits per heavy atom. The lowest BCUT2D eigenvalue weighted by Crippen LogP contribution is -2.70. The van der Waals surface area contributed by atoms with Crippen molar-refractivity contribution in [1.29, 1.82) is 0 Å². The second kappa shape index (κ2) is 20.8. The van der Waals surface area contributed by atoms with Gasteiger partial charge in [0.05, 0.1) is 36.6 Å². The Bertz CT molecular complexity index is 1460. The van der Waals surface area contributed by atoms with E-state index >= 15 is 0 Å². The molecule has 4 heterocycles. The van der Waals surface area contributed by atoms with Gasteiger partial charge in [-0.3, -0.25) is 14.4 Å². The summed E-state index contributed by atoms with van der Waals surface area (Å²) in [6.45, 7) is 31.2. The minimum Gasteiger partial charge on any atom is -0.300 e. The molecule has 3 unspecified atom stereocenters. The predicted octanol–water partition coefficient (Wildman–Crippen LogP) is 8.81. The molecule has 0 aromatic rings. The molecule has 0 spiro atoms. The van der Waals surface area contributed by atoms with E-state index in [1.165, 1.54) is 96.3 Å². The number of nitrogens with one attached hydrogen (secondary N) is 3. The zero-order valence-corrected chi connectivity index (χ0v) is 44.5. The Morgan fingerprint density at radius 3 is 0.848 bits per heavy atom. The Labute approximate surface area is 403 Å². The van der Waals surface area contributed by atoms with E-state index in [-0.39, 0.29) is 34.4 Å². The molecule has 7 fully saturated rings. The summed E-state index contributed by atoms with van der Waals surface area (Å²) in [6.07, 6.45) is 23.8. The number of carbonyl (C=O) groups excluding carboxylic acids is 3. The van der Waals surface area contributed by atoms with Crippen LogP contribution in [-0.4, -0.2) is 138 Å². The lowest BCUT2D eigenvalue weighted by molar-refractivity contribution is -0.274. The Kier molecular flexibility index (Phi) is 16.5. The highest BCUT2D eigenvalue weighted by molar-refractivity contribution is 5.92. The first-order chi connectivity index (χ1) is 30.9. The average Bonchev–Trinajstić information content (AvgIpc) is 3.23.